The Kier molecular flexibility index (Phi) is 4.75. The molecule has 14 heavy (non-hydrogen) atoms. The normalized spacial score (nSPS) is 11.7. The fourth-order valence-electron chi connectivity index (χ4n) is 1.45. The van der Waals surface area contributed by atoms with Gasteiger partial charge in [-0.05, 0) is 18.1 Å². The standard InChI is InChI=1S/C11H13BrCl2/c1-2-11(7-13,8-14)9-5-3-4-6-10(9)12/h3-6H,2,7-8H2,1H3. The molecule has 0 saturated carbocycles. The number of alkyl halides is 2. The minimum Gasteiger partial charge on any atom is -0.126 e. The lowest BCUT2D eigenvalue weighted by molar-refractivity contribution is 0.517. The van der Waals surface area contributed by atoms with Gasteiger partial charge in [-0.3, -0.25) is 0 Å². The van der Waals surface area contributed by atoms with Gasteiger partial charge in [0.1, 0.15) is 0 Å². The summed E-state index contributed by atoms with van der Waals surface area (Å²) >= 11 is 15.6. The van der Waals surface area contributed by atoms with Crippen molar-refractivity contribution in [3.05, 3.63) is 34.3 Å². The van der Waals surface area contributed by atoms with Crippen molar-refractivity contribution in [2.24, 2.45) is 0 Å². The van der Waals surface area contributed by atoms with E-state index in [0.717, 1.165) is 10.9 Å². The summed E-state index contributed by atoms with van der Waals surface area (Å²) in [6.45, 7) is 2.12. The van der Waals surface area contributed by atoms with Crippen molar-refractivity contribution >= 4 is 39.1 Å². The van der Waals surface area contributed by atoms with E-state index in [4.69, 9.17) is 23.2 Å². The van der Waals surface area contributed by atoms with Crippen LogP contribution in [0.2, 0.25) is 0 Å². The zero-order valence-corrected chi connectivity index (χ0v) is 11.2. The number of benzene rings is 1. The van der Waals surface area contributed by atoms with Crippen LogP contribution < -0.4 is 0 Å². The first-order valence-corrected chi connectivity index (χ1v) is 6.43. The molecule has 0 spiro atoms. The van der Waals surface area contributed by atoms with Crippen molar-refractivity contribution in [3.8, 4) is 0 Å². The van der Waals surface area contributed by atoms with Gasteiger partial charge in [-0.25, -0.2) is 0 Å². The Morgan fingerprint density at radius 3 is 2.21 bits per heavy atom. The molecule has 0 aliphatic rings. The second-order valence-electron chi connectivity index (χ2n) is 3.38. The number of hydrogen-bond donors (Lipinski definition) is 0. The Hall–Kier alpha value is 0.280. The van der Waals surface area contributed by atoms with Crippen molar-refractivity contribution < 1.29 is 0 Å². The summed E-state index contributed by atoms with van der Waals surface area (Å²) < 4.78 is 1.09. The first-order valence-electron chi connectivity index (χ1n) is 4.57. The quantitative estimate of drug-likeness (QED) is 0.714. The summed E-state index contributed by atoms with van der Waals surface area (Å²) in [5, 5.41) is 0. The number of rotatable bonds is 4. The Balaban J connectivity index is 3.17. The first-order chi connectivity index (χ1) is 6.70. The minimum absolute atomic E-state index is 0.108. The van der Waals surface area contributed by atoms with Crippen LogP contribution in [-0.2, 0) is 5.41 Å². The molecule has 0 amide bonds. The maximum absolute atomic E-state index is 6.03. The van der Waals surface area contributed by atoms with E-state index in [0.29, 0.717) is 11.8 Å². The van der Waals surface area contributed by atoms with Gasteiger partial charge >= 0.3 is 0 Å². The van der Waals surface area contributed by atoms with E-state index < -0.39 is 0 Å². The van der Waals surface area contributed by atoms with Crippen LogP contribution in [0, 0.1) is 0 Å². The number of halogens is 3. The zero-order chi connectivity index (χ0) is 10.6. The molecular weight excluding hydrogens is 283 g/mol. The molecule has 0 saturated heterocycles. The molecule has 0 heterocycles. The molecule has 1 aromatic carbocycles. The highest BCUT2D eigenvalue weighted by Gasteiger charge is 2.30. The van der Waals surface area contributed by atoms with Gasteiger partial charge in [0.15, 0.2) is 0 Å². The van der Waals surface area contributed by atoms with Crippen LogP contribution in [0.5, 0.6) is 0 Å². The maximum atomic E-state index is 6.03. The van der Waals surface area contributed by atoms with Gasteiger partial charge in [0.2, 0.25) is 0 Å². The number of hydrogen-bond acceptors (Lipinski definition) is 0. The molecule has 3 heteroatoms. The van der Waals surface area contributed by atoms with Crippen LogP contribution in [0.3, 0.4) is 0 Å². The Morgan fingerprint density at radius 2 is 1.79 bits per heavy atom. The molecule has 0 bridgehead atoms. The Labute approximate surface area is 104 Å². The molecule has 0 fully saturated rings. The lowest BCUT2D eigenvalue weighted by atomic mass is 9.82. The SMILES string of the molecule is CCC(CCl)(CCl)c1ccccc1Br. The topological polar surface area (TPSA) is 0 Å². The monoisotopic (exact) mass is 294 g/mol. The van der Waals surface area contributed by atoms with E-state index in [9.17, 15) is 0 Å². The highest BCUT2D eigenvalue weighted by molar-refractivity contribution is 9.10. The van der Waals surface area contributed by atoms with Crippen LogP contribution in [0.4, 0.5) is 0 Å². The molecule has 0 aliphatic heterocycles. The van der Waals surface area contributed by atoms with Gasteiger partial charge in [-0.15, -0.1) is 23.2 Å². The van der Waals surface area contributed by atoms with E-state index in [-0.39, 0.29) is 5.41 Å². The predicted octanol–water partition coefficient (Wildman–Crippen LogP) is 4.57. The third kappa shape index (κ3) is 2.26. The first kappa shape index (κ1) is 12.4. The lowest BCUT2D eigenvalue weighted by Gasteiger charge is -2.29. The highest BCUT2D eigenvalue weighted by atomic mass is 79.9. The molecule has 0 aromatic heterocycles. The smallest absolute Gasteiger partial charge is 0.0332 e. The molecule has 0 unspecified atom stereocenters. The summed E-state index contributed by atoms with van der Waals surface area (Å²) in [5.74, 6) is 1.10. The molecule has 1 rings (SSSR count). The third-order valence-electron chi connectivity index (χ3n) is 2.63. The average Bonchev–Trinajstić information content (AvgIpc) is 2.24. The molecule has 1 aromatic rings. The summed E-state index contributed by atoms with van der Waals surface area (Å²) in [4.78, 5) is 0. The summed E-state index contributed by atoms with van der Waals surface area (Å²) in [7, 11) is 0. The van der Waals surface area contributed by atoms with Gasteiger partial charge < -0.3 is 0 Å². The van der Waals surface area contributed by atoms with Crippen molar-refractivity contribution in [1.29, 1.82) is 0 Å². The second-order valence-corrected chi connectivity index (χ2v) is 4.77. The van der Waals surface area contributed by atoms with E-state index >= 15 is 0 Å². The van der Waals surface area contributed by atoms with Gasteiger partial charge in [-0.1, -0.05) is 41.1 Å². The van der Waals surface area contributed by atoms with Gasteiger partial charge in [0.25, 0.3) is 0 Å². The fourth-order valence-corrected chi connectivity index (χ4v) is 3.11. The maximum Gasteiger partial charge on any atom is 0.0332 e. The van der Waals surface area contributed by atoms with E-state index in [1.165, 1.54) is 5.56 Å². The minimum atomic E-state index is -0.108. The molecule has 0 radical (unpaired) electrons. The Morgan fingerprint density at radius 1 is 1.21 bits per heavy atom. The van der Waals surface area contributed by atoms with Crippen LogP contribution in [0.1, 0.15) is 18.9 Å². The summed E-state index contributed by atoms with van der Waals surface area (Å²) in [6, 6.07) is 8.12. The van der Waals surface area contributed by atoms with E-state index in [2.05, 4.69) is 28.9 Å². The molecule has 0 N–H and O–H groups in total. The second kappa shape index (κ2) is 5.39. The van der Waals surface area contributed by atoms with Crippen LogP contribution in [-0.4, -0.2) is 11.8 Å². The van der Waals surface area contributed by atoms with Gasteiger partial charge in [0.05, 0.1) is 0 Å². The van der Waals surface area contributed by atoms with Crippen molar-refractivity contribution in [1.82, 2.24) is 0 Å². The largest absolute Gasteiger partial charge is 0.126 e. The van der Waals surface area contributed by atoms with Crippen molar-refractivity contribution in [3.63, 3.8) is 0 Å². The summed E-state index contributed by atoms with van der Waals surface area (Å²) in [5.41, 5.74) is 1.09. The molecular formula is C11H13BrCl2. The van der Waals surface area contributed by atoms with Gasteiger partial charge in [0, 0.05) is 21.6 Å². The zero-order valence-electron chi connectivity index (χ0n) is 8.06. The van der Waals surface area contributed by atoms with Crippen LogP contribution in [0.15, 0.2) is 28.7 Å². The van der Waals surface area contributed by atoms with Gasteiger partial charge in [-0.2, -0.15) is 0 Å². The Bertz CT molecular complexity index is 287. The molecule has 0 aliphatic carbocycles. The predicted molar refractivity (Wildman–Crippen MR) is 67.6 cm³/mol. The van der Waals surface area contributed by atoms with Crippen molar-refractivity contribution in [2.75, 3.05) is 11.8 Å². The average molecular weight is 296 g/mol. The summed E-state index contributed by atoms with van der Waals surface area (Å²) in [6.07, 6.45) is 0.947. The van der Waals surface area contributed by atoms with Crippen molar-refractivity contribution in [2.45, 2.75) is 18.8 Å². The molecule has 0 nitrogen and oxygen atoms in total. The molecule has 78 valence electrons. The lowest BCUT2D eigenvalue weighted by Crippen LogP contribution is -2.30. The highest BCUT2D eigenvalue weighted by Crippen LogP contribution is 2.35. The third-order valence-corrected chi connectivity index (χ3v) is 4.35. The van der Waals surface area contributed by atoms with E-state index in [1.54, 1.807) is 0 Å². The fraction of sp³-hybridized carbons (Fsp3) is 0.455. The van der Waals surface area contributed by atoms with Crippen LogP contribution >= 0.6 is 39.1 Å². The van der Waals surface area contributed by atoms with Crippen LogP contribution in [0.25, 0.3) is 0 Å². The van der Waals surface area contributed by atoms with E-state index in [1.807, 2.05) is 18.2 Å². The molecule has 0 atom stereocenters.